The van der Waals surface area contributed by atoms with E-state index in [2.05, 4.69) is 73.7 Å². The SMILES string of the molecule is C=C(C)c1ccc2c(C(=C)C(C)c3ccccc3)c[nH]c2c1. The molecule has 0 spiro atoms. The lowest BCUT2D eigenvalue weighted by molar-refractivity contribution is 0.994. The summed E-state index contributed by atoms with van der Waals surface area (Å²) in [7, 11) is 0. The average Bonchev–Trinajstić information content (AvgIpc) is 2.97. The Hall–Kier alpha value is -2.54. The van der Waals surface area contributed by atoms with E-state index in [-0.39, 0.29) is 0 Å². The lowest BCUT2D eigenvalue weighted by Crippen LogP contribution is -1.95. The third-order valence-corrected chi connectivity index (χ3v) is 4.34. The van der Waals surface area contributed by atoms with Gasteiger partial charge in [0.2, 0.25) is 0 Å². The van der Waals surface area contributed by atoms with E-state index in [1.807, 2.05) is 13.0 Å². The van der Waals surface area contributed by atoms with Crippen LogP contribution in [0.5, 0.6) is 0 Å². The van der Waals surface area contributed by atoms with Crippen LogP contribution in [0.25, 0.3) is 22.0 Å². The molecule has 0 aliphatic rings. The first-order valence-electron chi connectivity index (χ1n) is 7.59. The van der Waals surface area contributed by atoms with Gasteiger partial charge >= 0.3 is 0 Å². The van der Waals surface area contributed by atoms with Crippen LogP contribution in [0.2, 0.25) is 0 Å². The first-order valence-corrected chi connectivity index (χ1v) is 7.59. The van der Waals surface area contributed by atoms with Gasteiger partial charge in [0.1, 0.15) is 0 Å². The number of aromatic nitrogens is 1. The van der Waals surface area contributed by atoms with Crippen LogP contribution in [0.3, 0.4) is 0 Å². The molecular weight excluding hydrogens is 266 g/mol. The lowest BCUT2D eigenvalue weighted by atomic mass is 9.89. The van der Waals surface area contributed by atoms with Crippen molar-refractivity contribution in [3.05, 3.63) is 84.6 Å². The maximum atomic E-state index is 4.34. The van der Waals surface area contributed by atoms with E-state index in [1.165, 1.54) is 22.1 Å². The topological polar surface area (TPSA) is 15.8 Å². The standard InChI is InChI=1S/C21H21N/c1-14(2)18-10-11-19-20(13-22-21(19)12-18)16(4)15(3)17-8-6-5-7-9-17/h5-13,15,22H,1,4H2,2-3H3. The van der Waals surface area contributed by atoms with Gasteiger partial charge < -0.3 is 4.98 Å². The maximum Gasteiger partial charge on any atom is 0.0466 e. The molecular formula is C21H21N. The van der Waals surface area contributed by atoms with Gasteiger partial charge in [-0.3, -0.25) is 0 Å². The molecule has 0 bridgehead atoms. The summed E-state index contributed by atoms with van der Waals surface area (Å²) in [5.74, 6) is 0.293. The van der Waals surface area contributed by atoms with E-state index in [1.54, 1.807) is 0 Å². The molecule has 22 heavy (non-hydrogen) atoms. The van der Waals surface area contributed by atoms with Crippen molar-refractivity contribution in [2.24, 2.45) is 0 Å². The molecule has 1 aromatic heterocycles. The number of benzene rings is 2. The molecule has 2 aromatic carbocycles. The summed E-state index contributed by atoms with van der Waals surface area (Å²) >= 11 is 0. The van der Waals surface area contributed by atoms with Crippen molar-refractivity contribution in [2.75, 3.05) is 0 Å². The monoisotopic (exact) mass is 287 g/mol. The van der Waals surface area contributed by atoms with Crippen LogP contribution >= 0.6 is 0 Å². The summed E-state index contributed by atoms with van der Waals surface area (Å²) in [4.78, 5) is 3.37. The van der Waals surface area contributed by atoms with Gasteiger partial charge in [-0.15, -0.1) is 0 Å². The zero-order chi connectivity index (χ0) is 15.7. The van der Waals surface area contributed by atoms with Crippen LogP contribution in [0.15, 0.2) is 67.9 Å². The zero-order valence-corrected chi connectivity index (χ0v) is 13.2. The minimum atomic E-state index is 0.293. The average molecular weight is 287 g/mol. The number of hydrogen-bond donors (Lipinski definition) is 1. The molecule has 1 nitrogen and oxygen atoms in total. The van der Waals surface area contributed by atoms with Crippen molar-refractivity contribution in [2.45, 2.75) is 19.8 Å². The van der Waals surface area contributed by atoms with Crippen molar-refractivity contribution in [1.29, 1.82) is 0 Å². The highest BCUT2D eigenvalue weighted by Crippen LogP contribution is 2.34. The Morgan fingerprint density at radius 2 is 1.77 bits per heavy atom. The van der Waals surface area contributed by atoms with Gasteiger partial charge in [0, 0.05) is 28.6 Å². The van der Waals surface area contributed by atoms with Gasteiger partial charge in [0.15, 0.2) is 0 Å². The first-order chi connectivity index (χ1) is 10.6. The highest BCUT2D eigenvalue weighted by atomic mass is 14.7. The molecule has 3 rings (SSSR count). The van der Waals surface area contributed by atoms with E-state index < -0.39 is 0 Å². The molecule has 1 heteroatoms. The highest BCUT2D eigenvalue weighted by Gasteiger charge is 2.14. The van der Waals surface area contributed by atoms with Crippen molar-refractivity contribution in [3.63, 3.8) is 0 Å². The van der Waals surface area contributed by atoms with Crippen molar-refractivity contribution >= 4 is 22.0 Å². The Morgan fingerprint density at radius 1 is 1.05 bits per heavy atom. The summed E-state index contributed by atoms with van der Waals surface area (Å²) in [6.07, 6.45) is 2.06. The fraction of sp³-hybridized carbons (Fsp3) is 0.143. The van der Waals surface area contributed by atoms with Gasteiger partial charge in [0.25, 0.3) is 0 Å². The fourth-order valence-corrected chi connectivity index (χ4v) is 2.83. The number of aromatic amines is 1. The summed E-state index contributed by atoms with van der Waals surface area (Å²) < 4.78 is 0. The number of H-pyrrole nitrogens is 1. The summed E-state index contributed by atoms with van der Waals surface area (Å²) in [6.45, 7) is 12.6. The Bertz CT molecular complexity index is 837. The van der Waals surface area contributed by atoms with Crippen LogP contribution in [-0.4, -0.2) is 4.98 Å². The minimum Gasteiger partial charge on any atom is -0.361 e. The van der Waals surface area contributed by atoms with E-state index in [0.29, 0.717) is 5.92 Å². The molecule has 0 aliphatic carbocycles. The molecule has 110 valence electrons. The van der Waals surface area contributed by atoms with E-state index in [9.17, 15) is 0 Å². The third-order valence-electron chi connectivity index (χ3n) is 4.34. The Labute approximate surface area is 132 Å². The number of allylic oxidation sites excluding steroid dienone is 2. The van der Waals surface area contributed by atoms with Crippen molar-refractivity contribution < 1.29 is 0 Å². The van der Waals surface area contributed by atoms with Crippen LogP contribution in [0.4, 0.5) is 0 Å². The largest absolute Gasteiger partial charge is 0.361 e. The second-order valence-electron chi connectivity index (χ2n) is 5.90. The van der Waals surface area contributed by atoms with Crippen molar-refractivity contribution in [3.8, 4) is 0 Å². The second-order valence-corrected chi connectivity index (χ2v) is 5.90. The Morgan fingerprint density at radius 3 is 2.45 bits per heavy atom. The Kier molecular flexibility index (Phi) is 3.72. The minimum absolute atomic E-state index is 0.293. The van der Waals surface area contributed by atoms with Gasteiger partial charge in [-0.1, -0.05) is 68.1 Å². The molecule has 0 amide bonds. The quantitative estimate of drug-likeness (QED) is 0.604. The van der Waals surface area contributed by atoms with Gasteiger partial charge in [0.05, 0.1) is 0 Å². The highest BCUT2D eigenvalue weighted by molar-refractivity contribution is 5.94. The smallest absolute Gasteiger partial charge is 0.0466 e. The van der Waals surface area contributed by atoms with Crippen LogP contribution < -0.4 is 0 Å². The van der Waals surface area contributed by atoms with Crippen LogP contribution in [-0.2, 0) is 0 Å². The lowest BCUT2D eigenvalue weighted by Gasteiger charge is -2.15. The molecule has 0 aliphatic heterocycles. The van der Waals surface area contributed by atoms with E-state index >= 15 is 0 Å². The molecule has 1 atom stereocenters. The molecule has 0 saturated heterocycles. The zero-order valence-electron chi connectivity index (χ0n) is 13.2. The van der Waals surface area contributed by atoms with Gasteiger partial charge in [-0.25, -0.2) is 0 Å². The number of rotatable bonds is 4. The summed E-state index contributed by atoms with van der Waals surface area (Å²) in [5, 5.41) is 1.22. The predicted molar refractivity (Wildman–Crippen MR) is 96.9 cm³/mol. The first kappa shape index (κ1) is 14.4. The van der Waals surface area contributed by atoms with Gasteiger partial charge in [-0.05, 0) is 29.7 Å². The van der Waals surface area contributed by atoms with Gasteiger partial charge in [-0.2, -0.15) is 0 Å². The number of nitrogens with one attached hydrogen (secondary N) is 1. The van der Waals surface area contributed by atoms with Crippen LogP contribution in [0.1, 0.15) is 36.5 Å². The third kappa shape index (κ3) is 2.50. The van der Waals surface area contributed by atoms with E-state index in [0.717, 1.165) is 16.7 Å². The summed E-state index contributed by atoms with van der Waals surface area (Å²) in [6, 6.07) is 17.0. The molecule has 0 saturated carbocycles. The number of hydrogen-bond acceptors (Lipinski definition) is 0. The molecule has 0 fully saturated rings. The summed E-state index contributed by atoms with van der Waals surface area (Å²) in [5.41, 5.74) is 7.01. The fourth-order valence-electron chi connectivity index (χ4n) is 2.83. The Balaban J connectivity index is 2.00. The predicted octanol–water partition coefficient (Wildman–Crippen LogP) is 6.02. The maximum absolute atomic E-state index is 4.34. The van der Waals surface area contributed by atoms with E-state index in [4.69, 9.17) is 0 Å². The molecule has 0 radical (unpaired) electrons. The molecule has 1 N–H and O–H groups in total. The van der Waals surface area contributed by atoms with Crippen molar-refractivity contribution in [1.82, 2.24) is 4.98 Å². The molecule has 1 unspecified atom stereocenters. The molecule has 3 aromatic rings. The second kappa shape index (κ2) is 5.69. The number of fused-ring (bicyclic) bond motifs is 1. The molecule has 1 heterocycles. The normalized spacial score (nSPS) is 12.3. The van der Waals surface area contributed by atoms with Crippen LogP contribution in [0, 0.1) is 0 Å².